The summed E-state index contributed by atoms with van der Waals surface area (Å²) in [5.41, 5.74) is -0.514. The van der Waals surface area contributed by atoms with Crippen molar-refractivity contribution in [2.24, 2.45) is 0 Å². The van der Waals surface area contributed by atoms with E-state index < -0.39 is 48.7 Å². The normalized spacial score (nSPS) is 15.0. The summed E-state index contributed by atoms with van der Waals surface area (Å²) in [5, 5.41) is 4.95. The van der Waals surface area contributed by atoms with E-state index in [1.54, 1.807) is 0 Å². The molecule has 1 aromatic carbocycles. The molecule has 14 heteroatoms. The highest BCUT2D eigenvalue weighted by atomic mass is 35.5. The summed E-state index contributed by atoms with van der Waals surface area (Å²) in [6, 6.07) is 5.39. The van der Waals surface area contributed by atoms with E-state index in [2.05, 4.69) is 10.6 Å². The van der Waals surface area contributed by atoms with Crippen molar-refractivity contribution in [3.05, 3.63) is 45.1 Å². The van der Waals surface area contributed by atoms with Crippen LogP contribution in [0.2, 0.25) is 4.34 Å². The predicted molar refractivity (Wildman–Crippen MR) is 127 cm³/mol. The Hall–Kier alpha value is -2.74. The summed E-state index contributed by atoms with van der Waals surface area (Å²) in [5.74, 6) is -1.82. The quantitative estimate of drug-likeness (QED) is 0.441. The minimum Gasteiger partial charge on any atom is -0.370 e. The first-order valence-corrected chi connectivity index (χ1v) is 11.9. The van der Waals surface area contributed by atoms with E-state index in [1.165, 1.54) is 36.2 Å². The summed E-state index contributed by atoms with van der Waals surface area (Å²) in [6.07, 6.45) is -5.71. The van der Waals surface area contributed by atoms with Gasteiger partial charge >= 0.3 is 0 Å². The number of hydrogen-bond donors (Lipinski definition) is 2. The van der Waals surface area contributed by atoms with Gasteiger partial charge in [0.1, 0.15) is 12.6 Å². The summed E-state index contributed by atoms with van der Waals surface area (Å²) in [7, 11) is 1.28. The fourth-order valence-electron chi connectivity index (χ4n) is 3.56. The molecule has 2 heterocycles. The number of ether oxygens (including phenoxy) is 1. The Labute approximate surface area is 213 Å². The summed E-state index contributed by atoms with van der Waals surface area (Å²) in [6.45, 7) is -1.04. The molecule has 196 valence electrons. The highest BCUT2D eigenvalue weighted by Crippen LogP contribution is 2.33. The number of likely N-dealkylation sites (N-methyl/N-ethyl adjacent to an activating group) is 1. The van der Waals surface area contributed by atoms with Crippen LogP contribution >= 0.6 is 22.9 Å². The van der Waals surface area contributed by atoms with Crippen molar-refractivity contribution in [2.75, 3.05) is 50.1 Å². The Morgan fingerprint density at radius 2 is 1.97 bits per heavy atom. The highest BCUT2D eigenvalue weighted by Gasteiger charge is 2.29. The summed E-state index contributed by atoms with van der Waals surface area (Å²) in [4.78, 5) is 39.9. The molecule has 1 aromatic heterocycles. The average molecular weight is 551 g/mol. The van der Waals surface area contributed by atoms with E-state index in [-0.39, 0.29) is 42.6 Å². The van der Waals surface area contributed by atoms with Gasteiger partial charge in [0.25, 0.3) is 24.7 Å². The standard InChI is InChI=1S/C22H23ClF4N4O4S/c1-30(10-18(24)25)15(9-28-22(34)16-4-5-17(23)36-16)21(33)29-12-2-3-14(13(8-12)20(26)27)31-6-7-35-11-19(31)32/h2-5,8,15,18,20H,6-7,9-11H2,1H3,(H,28,34)(H,29,33)/t15-/m1/s1. The molecule has 2 N–H and O–H groups in total. The number of hydrogen-bond acceptors (Lipinski definition) is 6. The first-order chi connectivity index (χ1) is 17.1. The molecule has 1 atom stereocenters. The van der Waals surface area contributed by atoms with Crippen molar-refractivity contribution in [1.82, 2.24) is 10.2 Å². The molecule has 2 aromatic rings. The van der Waals surface area contributed by atoms with Gasteiger partial charge in [-0.25, -0.2) is 17.6 Å². The molecule has 1 aliphatic heterocycles. The zero-order chi connectivity index (χ0) is 26.4. The second-order valence-electron chi connectivity index (χ2n) is 7.82. The van der Waals surface area contributed by atoms with E-state index in [1.807, 2.05) is 0 Å². The number of carbonyl (C=O) groups is 3. The molecule has 1 fully saturated rings. The zero-order valence-corrected chi connectivity index (χ0v) is 20.6. The van der Waals surface area contributed by atoms with E-state index in [4.69, 9.17) is 16.3 Å². The Kier molecular flexibility index (Phi) is 9.65. The summed E-state index contributed by atoms with van der Waals surface area (Å²) >= 11 is 6.83. The lowest BCUT2D eigenvalue weighted by molar-refractivity contribution is -0.125. The van der Waals surface area contributed by atoms with Crippen molar-refractivity contribution in [2.45, 2.75) is 18.9 Å². The van der Waals surface area contributed by atoms with Crippen LogP contribution in [-0.4, -0.2) is 75.0 Å². The Balaban J connectivity index is 1.77. The van der Waals surface area contributed by atoms with Crippen molar-refractivity contribution in [3.8, 4) is 0 Å². The third-order valence-electron chi connectivity index (χ3n) is 5.32. The molecule has 3 rings (SSSR count). The molecule has 0 spiro atoms. The largest absolute Gasteiger partial charge is 0.370 e. The lowest BCUT2D eigenvalue weighted by Gasteiger charge is -2.29. The molecule has 1 saturated heterocycles. The first kappa shape index (κ1) is 27.8. The summed E-state index contributed by atoms with van der Waals surface area (Å²) < 4.78 is 59.0. The minimum atomic E-state index is -2.96. The number of thiophene rings is 1. The molecular formula is C22H23ClF4N4O4S. The van der Waals surface area contributed by atoms with E-state index >= 15 is 0 Å². The van der Waals surface area contributed by atoms with Gasteiger partial charge in [-0.05, 0) is 37.4 Å². The van der Waals surface area contributed by atoms with Crippen LogP contribution in [0, 0.1) is 0 Å². The number of halogens is 5. The van der Waals surface area contributed by atoms with Crippen LogP contribution in [-0.2, 0) is 14.3 Å². The maximum Gasteiger partial charge on any atom is 0.265 e. The van der Waals surface area contributed by atoms with Crippen LogP contribution < -0.4 is 15.5 Å². The maximum atomic E-state index is 13.8. The number of alkyl halides is 4. The van der Waals surface area contributed by atoms with Crippen molar-refractivity contribution >= 4 is 52.0 Å². The molecule has 0 saturated carbocycles. The van der Waals surface area contributed by atoms with Gasteiger partial charge in [0.2, 0.25) is 5.91 Å². The van der Waals surface area contributed by atoms with Crippen LogP contribution in [0.15, 0.2) is 30.3 Å². The SMILES string of the molecule is CN(CC(F)F)[C@H](CNC(=O)c1ccc(Cl)s1)C(=O)Nc1ccc(N2CCOCC2=O)c(C(F)F)c1. The van der Waals surface area contributed by atoms with Gasteiger partial charge in [-0.1, -0.05) is 11.6 Å². The number of benzene rings is 1. The fraction of sp³-hybridized carbons (Fsp3) is 0.409. The van der Waals surface area contributed by atoms with Crippen LogP contribution in [0.3, 0.4) is 0 Å². The number of anilines is 2. The zero-order valence-electron chi connectivity index (χ0n) is 19.0. The maximum absolute atomic E-state index is 13.8. The van der Waals surface area contributed by atoms with E-state index in [9.17, 15) is 31.9 Å². The van der Waals surface area contributed by atoms with Crippen LogP contribution in [0.25, 0.3) is 0 Å². The Morgan fingerprint density at radius 1 is 1.22 bits per heavy atom. The van der Waals surface area contributed by atoms with Gasteiger partial charge in [0.05, 0.1) is 28.1 Å². The average Bonchev–Trinajstić information content (AvgIpc) is 3.25. The van der Waals surface area contributed by atoms with Crippen LogP contribution in [0.4, 0.5) is 28.9 Å². The lowest BCUT2D eigenvalue weighted by atomic mass is 10.1. The molecule has 0 bridgehead atoms. The Morgan fingerprint density at radius 3 is 2.58 bits per heavy atom. The smallest absolute Gasteiger partial charge is 0.265 e. The molecule has 0 radical (unpaired) electrons. The number of nitrogens with one attached hydrogen (secondary N) is 2. The first-order valence-electron chi connectivity index (χ1n) is 10.7. The van der Waals surface area contributed by atoms with Gasteiger partial charge in [-0.3, -0.25) is 19.3 Å². The third kappa shape index (κ3) is 7.15. The molecule has 0 aliphatic carbocycles. The third-order valence-corrected chi connectivity index (χ3v) is 6.55. The molecule has 3 amide bonds. The number of rotatable bonds is 10. The van der Waals surface area contributed by atoms with E-state index in [0.29, 0.717) is 4.34 Å². The second kappa shape index (κ2) is 12.5. The molecular weight excluding hydrogens is 528 g/mol. The lowest BCUT2D eigenvalue weighted by Crippen LogP contribution is -2.50. The topological polar surface area (TPSA) is 91.0 Å². The monoisotopic (exact) mass is 550 g/mol. The minimum absolute atomic E-state index is 0.00969. The van der Waals surface area contributed by atoms with Crippen molar-refractivity contribution in [1.29, 1.82) is 0 Å². The number of morpholine rings is 1. The van der Waals surface area contributed by atoms with Crippen molar-refractivity contribution < 1.29 is 36.7 Å². The van der Waals surface area contributed by atoms with Gasteiger partial charge < -0.3 is 20.3 Å². The Bertz CT molecular complexity index is 1100. The predicted octanol–water partition coefficient (Wildman–Crippen LogP) is 3.64. The van der Waals surface area contributed by atoms with Gasteiger partial charge in [0.15, 0.2) is 0 Å². The number of nitrogens with zero attached hydrogens (tertiary/aromatic N) is 2. The molecule has 1 aliphatic rings. The number of amides is 3. The van der Waals surface area contributed by atoms with Gasteiger partial charge in [0, 0.05) is 24.3 Å². The van der Waals surface area contributed by atoms with Gasteiger partial charge in [-0.2, -0.15) is 0 Å². The van der Waals surface area contributed by atoms with Crippen molar-refractivity contribution in [3.63, 3.8) is 0 Å². The van der Waals surface area contributed by atoms with Gasteiger partial charge in [-0.15, -0.1) is 11.3 Å². The van der Waals surface area contributed by atoms with Crippen LogP contribution in [0.1, 0.15) is 21.7 Å². The van der Waals surface area contributed by atoms with Crippen LogP contribution in [0.5, 0.6) is 0 Å². The number of carbonyl (C=O) groups excluding carboxylic acids is 3. The molecule has 0 unspecified atom stereocenters. The molecule has 36 heavy (non-hydrogen) atoms. The highest BCUT2D eigenvalue weighted by molar-refractivity contribution is 7.18. The molecule has 8 nitrogen and oxygen atoms in total. The van der Waals surface area contributed by atoms with E-state index in [0.717, 1.165) is 22.3 Å². The fourth-order valence-corrected chi connectivity index (χ4v) is 4.52. The second-order valence-corrected chi connectivity index (χ2v) is 9.54.